The first-order valence-electron chi connectivity index (χ1n) is 5.76. The number of aromatic nitrogens is 3. The van der Waals surface area contributed by atoms with E-state index >= 15 is 0 Å². The van der Waals surface area contributed by atoms with Gasteiger partial charge in [0.15, 0.2) is 5.65 Å². The molecule has 94 valence electrons. The quantitative estimate of drug-likeness (QED) is 0.712. The van der Waals surface area contributed by atoms with Crippen molar-refractivity contribution < 1.29 is 9.53 Å². The highest BCUT2D eigenvalue weighted by molar-refractivity contribution is 5.90. The van der Waals surface area contributed by atoms with E-state index in [1.807, 2.05) is 18.2 Å². The molecule has 3 aromatic rings. The molecule has 0 radical (unpaired) electrons. The molecule has 5 heteroatoms. The van der Waals surface area contributed by atoms with E-state index < -0.39 is 0 Å². The van der Waals surface area contributed by atoms with Gasteiger partial charge in [0.1, 0.15) is 0 Å². The van der Waals surface area contributed by atoms with Crippen molar-refractivity contribution in [1.82, 2.24) is 15.0 Å². The van der Waals surface area contributed by atoms with Crippen LogP contribution in [0.3, 0.4) is 0 Å². The molecule has 2 heterocycles. The molecule has 0 unspecified atom stereocenters. The van der Waals surface area contributed by atoms with Gasteiger partial charge in [0.2, 0.25) is 0 Å². The van der Waals surface area contributed by atoms with E-state index in [1.165, 1.54) is 7.11 Å². The Bertz CT molecular complexity index is 732. The Balaban J connectivity index is 1.99. The van der Waals surface area contributed by atoms with Crippen LogP contribution in [0.25, 0.3) is 22.3 Å². The number of nitrogens with one attached hydrogen (secondary N) is 1. The standard InChI is InChI=1S/C14H11N3O2/c1-19-14(18)10-4-2-9(3-5-10)11-6-12-13(15-7-11)17-8-16-12/h2-8H,1H3,(H,15,16,17). The number of methoxy groups -OCH3 is 1. The Labute approximate surface area is 109 Å². The van der Waals surface area contributed by atoms with E-state index in [0.29, 0.717) is 11.2 Å². The zero-order chi connectivity index (χ0) is 13.2. The van der Waals surface area contributed by atoms with Crippen LogP contribution in [0.5, 0.6) is 0 Å². The minimum atomic E-state index is -0.339. The SMILES string of the molecule is COC(=O)c1ccc(-c2cnc3nc[nH]c3c2)cc1. The molecule has 1 N–H and O–H groups in total. The number of fused-ring (bicyclic) bond motifs is 1. The third-order valence-electron chi connectivity index (χ3n) is 2.91. The van der Waals surface area contributed by atoms with Gasteiger partial charge in [-0.25, -0.2) is 14.8 Å². The number of H-pyrrole nitrogens is 1. The summed E-state index contributed by atoms with van der Waals surface area (Å²) in [4.78, 5) is 22.7. The van der Waals surface area contributed by atoms with Crippen LogP contribution in [0.15, 0.2) is 42.9 Å². The molecule has 2 aromatic heterocycles. The molecule has 0 aliphatic carbocycles. The number of imidazole rings is 1. The van der Waals surface area contributed by atoms with Crippen molar-refractivity contribution in [3.8, 4) is 11.1 Å². The molecule has 0 spiro atoms. The van der Waals surface area contributed by atoms with Crippen LogP contribution in [0, 0.1) is 0 Å². The first-order valence-corrected chi connectivity index (χ1v) is 5.76. The Hall–Kier alpha value is -2.69. The molecule has 0 aliphatic rings. The Morgan fingerprint density at radius 2 is 1.95 bits per heavy atom. The monoisotopic (exact) mass is 253 g/mol. The average molecular weight is 253 g/mol. The van der Waals surface area contributed by atoms with E-state index in [1.54, 1.807) is 24.7 Å². The molecule has 0 amide bonds. The molecule has 0 fully saturated rings. The highest BCUT2D eigenvalue weighted by Gasteiger charge is 2.06. The van der Waals surface area contributed by atoms with Gasteiger partial charge in [-0.1, -0.05) is 12.1 Å². The van der Waals surface area contributed by atoms with E-state index in [-0.39, 0.29) is 5.97 Å². The summed E-state index contributed by atoms with van der Waals surface area (Å²) in [5.74, 6) is -0.339. The Morgan fingerprint density at radius 1 is 1.16 bits per heavy atom. The van der Waals surface area contributed by atoms with Crippen molar-refractivity contribution in [2.24, 2.45) is 0 Å². The summed E-state index contributed by atoms with van der Waals surface area (Å²) in [5, 5.41) is 0. The number of hydrogen-bond acceptors (Lipinski definition) is 4. The third-order valence-corrected chi connectivity index (χ3v) is 2.91. The predicted octanol–water partition coefficient (Wildman–Crippen LogP) is 2.41. The van der Waals surface area contributed by atoms with E-state index in [9.17, 15) is 4.79 Å². The van der Waals surface area contributed by atoms with Crippen LogP contribution < -0.4 is 0 Å². The fourth-order valence-corrected chi connectivity index (χ4v) is 1.90. The smallest absolute Gasteiger partial charge is 0.337 e. The van der Waals surface area contributed by atoms with Gasteiger partial charge in [-0.15, -0.1) is 0 Å². The van der Waals surface area contributed by atoms with Crippen molar-refractivity contribution in [3.05, 3.63) is 48.4 Å². The molecule has 3 rings (SSSR count). The fraction of sp³-hybridized carbons (Fsp3) is 0.0714. The molecule has 1 aromatic carbocycles. The number of ether oxygens (including phenoxy) is 1. The second kappa shape index (κ2) is 4.53. The second-order valence-corrected chi connectivity index (χ2v) is 4.07. The van der Waals surface area contributed by atoms with Crippen molar-refractivity contribution in [2.75, 3.05) is 7.11 Å². The highest BCUT2D eigenvalue weighted by atomic mass is 16.5. The molecule has 0 aliphatic heterocycles. The number of carbonyl (C=O) groups is 1. The molecular weight excluding hydrogens is 242 g/mol. The number of carbonyl (C=O) groups excluding carboxylic acids is 1. The lowest BCUT2D eigenvalue weighted by Gasteiger charge is -2.03. The molecule has 0 saturated heterocycles. The van der Waals surface area contributed by atoms with Crippen molar-refractivity contribution in [2.45, 2.75) is 0 Å². The number of benzene rings is 1. The molecule has 0 bridgehead atoms. The second-order valence-electron chi connectivity index (χ2n) is 4.07. The van der Waals surface area contributed by atoms with Gasteiger partial charge in [-0.3, -0.25) is 0 Å². The zero-order valence-electron chi connectivity index (χ0n) is 10.3. The predicted molar refractivity (Wildman–Crippen MR) is 70.7 cm³/mol. The van der Waals surface area contributed by atoms with Gasteiger partial charge in [-0.05, 0) is 23.8 Å². The molecule has 19 heavy (non-hydrogen) atoms. The average Bonchev–Trinajstić information content (AvgIpc) is 2.94. The van der Waals surface area contributed by atoms with Gasteiger partial charge in [0, 0.05) is 11.8 Å². The lowest BCUT2D eigenvalue weighted by molar-refractivity contribution is 0.0601. The summed E-state index contributed by atoms with van der Waals surface area (Å²) in [5.41, 5.74) is 4.05. The molecule has 0 atom stereocenters. The van der Waals surface area contributed by atoms with Crippen molar-refractivity contribution in [3.63, 3.8) is 0 Å². The van der Waals surface area contributed by atoms with Crippen LogP contribution in [-0.4, -0.2) is 28.0 Å². The molecule has 0 saturated carbocycles. The Kier molecular flexibility index (Phi) is 2.72. The van der Waals surface area contributed by atoms with Gasteiger partial charge in [0.05, 0.1) is 24.5 Å². The maximum atomic E-state index is 11.4. The summed E-state index contributed by atoms with van der Waals surface area (Å²) < 4.78 is 4.66. The van der Waals surface area contributed by atoms with E-state index in [4.69, 9.17) is 0 Å². The zero-order valence-corrected chi connectivity index (χ0v) is 10.3. The maximum absolute atomic E-state index is 11.4. The molecular formula is C14H11N3O2. The summed E-state index contributed by atoms with van der Waals surface area (Å²) in [7, 11) is 1.37. The van der Waals surface area contributed by atoms with E-state index in [0.717, 1.165) is 16.6 Å². The fourth-order valence-electron chi connectivity index (χ4n) is 1.90. The van der Waals surface area contributed by atoms with Crippen LogP contribution in [-0.2, 0) is 4.74 Å². The minimum absolute atomic E-state index is 0.339. The van der Waals surface area contributed by atoms with Gasteiger partial charge >= 0.3 is 5.97 Å². The van der Waals surface area contributed by atoms with Crippen LogP contribution >= 0.6 is 0 Å². The lowest BCUT2D eigenvalue weighted by atomic mass is 10.1. The summed E-state index contributed by atoms with van der Waals surface area (Å²) in [6, 6.07) is 9.18. The lowest BCUT2D eigenvalue weighted by Crippen LogP contribution is -2.00. The van der Waals surface area contributed by atoms with Gasteiger partial charge in [-0.2, -0.15) is 0 Å². The first-order chi connectivity index (χ1) is 9.28. The number of nitrogens with zero attached hydrogens (tertiary/aromatic N) is 2. The van der Waals surface area contributed by atoms with E-state index in [2.05, 4.69) is 19.7 Å². The van der Waals surface area contributed by atoms with Crippen molar-refractivity contribution in [1.29, 1.82) is 0 Å². The van der Waals surface area contributed by atoms with Crippen molar-refractivity contribution >= 4 is 17.1 Å². The normalized spacial score (nSPS) is 10.6. The third kappa shape index (κ3) is 2.06. The number of pyridine rings is 1. The topological polar surface area (TPSA) is 67.9 Å². The van der Waals surface area contributed by atoms with Gasteiger partial charge < -0.3 is 9.72 Å². The minimum Gasteiger partial charge on any atom is -0.465 e. The van der Waals surface area contributed by atoms with Gasteiger partial charge in [0.25, 0.3) is 0 Å². The van der Waals surface area contributed by atoms with Crippen LogP contribution in [0.1, 0.15) is 10.4 Å². The van der Waals surface area contributed by atoms with Crippen LogP contribution in [0.4, 0.5) is 0 Å². The summed E-state index contributed by atoms with van der Waals surface area (Å²) >= 11 is 0. The Morgan fingerprint density at radius 3 is 2.68 bits per heavy atom. The summed E-state index contributed by atoms with van der Waals surface area (Å²) in [6.07, 6.45) is 3.37. The van der Waals surface area contributed by atoms with Crippen LogP contribution in [0.2, 0.25) is 0 Å². The first kappa shape index (κ1) is 11.4. The number of rotatable bonds is 2. The number of hydrogen-bond donors (Lipinski definition) is 1. The molecule has 5 nitrogen and oxygen atoms in total. The highest BCUT2D eigenvalue weighted by Crippen LogP contribution is 2.21. The number of esters is 1. The maximum Gasteiger partial charge on any atom is 0.337 e. The largest absolute Gasteiger partial charge is 0.465 e. The number of aromatic amines is 1. The summed E-state index contributed by atoms with van der Waals surface area (Å²) in [6.45, 7) is 0.